The second kappa shape index (κ2) is 7.99. The molecule has 0 fully saturated rings. The molecule has 1 aliphatic rings. The van der Waals surface area contributed by atoms with Gasteiger partial charge in [0.25, 0.3) is 5.91 Å². The van der Waals surface area contributed by atoms with Crippen molar-refractivity contribution in [1.29, 1.82) is 0 Å². The van der Waals surface area contributed by atoms with E-state index < -0.39 is 12.1 Å². The molecule has 4 rings (SSSR count). The third kappa shape index (κ3) is 3.58. The van der Waals surface area contributed by atoms with Crippen LogP contribution in [0.2, 0.25) is 0 Å². The maximum atomic E-state index is 13.4. The largest absolute Gasteiger partial charge is 0.477 e. The van der Waals surface area contributed by atoms with E-state index in [-0.39, 0.29) is 11.7 Å². The number of amides is 1. The molecule has 1 aromatic heterocycles. The summed E-state index contributed by atoms with van der Waals surface area (Å²) in [7, 11) is 0. The summed E-state index contributed by atoms with van der Waals surface area (Å²) in [6, 6.07) is 14.9. The van der Waals surface area contributed by atoms with Crippen LogP contribution in [0, 0.1) is 0 Å². The van der Waals surface area contributed by atoms with Crippen molar-refractivity contribution < 1.29 is 14.3 Å². The van der Waals surface area contributed by atoms with Gasteiger partial charge < -0.3 is 19.9 Å². The number of H-pyrrole nitrogens is 1. The Morgan fingerprint density at radius 3 is 2.79 bits per heavy atom. The monoisotopic (exact) mass is 391 g/mol. The highest BCUT2D eigenvalue weighted by atomic mass is 16.5. The van der Waals surface area contributed by atoms with Crippen molar-refractivity contribution in [3.8, 4) is 5.75 Å². The van der Waals surface area contributed by atoms with Crippen LogP contribution in [-0.4, -0.2) is 41.9 Å². The zero-order valence-corrected chi connectivity index (χ0v) is 16.6. The van der Waals surface area contributed by atoms with Gasteiger partial charge in [-0.15, -0.1) is 0 Å². The Morgan fingerprint density at radius 2 is 1.97 bits per heavy atom. The number of aromatic amines is 1. The second-order valence-electron chi connectivity index (χ2n) is 7.31. The van der Waals surface area contributed by atoms with Crippen LogP contribution in [0.25, 0.3) is 10.9 Å². The van der Waals surface area contributed by atoms with Crippen LogP contribution in [0.1, 0.15) is 30.6 Å². The lowest BCUT2D eigenvalue weighted by Gasteiger charge is -2.38. The highest BCUT2D eigenvalue weighted by Crippen LogP contribution is 2.35. The summed E-state index contributed by atoms with van der Waals surface area (Å²) < 4.78 is 5.94. The van der Waals surface area contributed by atoms with E-state index in [0.717, 1.165) is 23.0 Å². The van der Waals surface area contributed by atoms with Gasteiger partial charge in [-0.25, -0.2) is 0 Å². The summed E-state index contributed by atoms with van der Waals surface area (Å²) in [4.78, 5) is 31.1. The Labute approximate surface area is 169 Å². The number of nitrogens with zero attached hydrogens (tertiary/aromatic N) is 1. The quantitative estimate of drug-likeness (QED) is 0.631. The Hall–Kier alpha value is -3.28. The number of para-hydroxylation sites is 3. The van der Waals surface area contributed by atoms with Gasteiger partial charge in [-0.2, -0.15) is 0 Å². The smallest absolute Gasteiger partial charge is 0.262 e. The van der Waals surface area contributed by atoms with Crippen molar-refractivity contribution in [2.45, 2.75) is 32.4 Å². The van der Waals surface area contributed by atoms with Gasteiger partial charge in [0.05, 0.1) is 18.3 Å². The molecule has 0 saturated heterocycles. The van der Waals surface area contributed by atoms with Crippen LogP contribution in [0.4, 0.5) is 5.69 Å². The molecule has 0 aliphatic carbocycles. The lowest BCUT2D eigenvalue weighted by atomic mass is 10.0. The molecule has 150 valence electrons. The number of fused-ring (bicyclic) bond motifs is 2. The fraction of sp³-hybridized carbons (Fsp3) is 0.304. The fourth-order valence-electron chi connectivity index (χ4n) is 3.77. The first kappa shape index (κ1) is 19.1. The number of rotatable bonds is 6. The fourth-order valence-corrected chi connectivity index (χ4v) is 3.77. The van der Waals surface area contributed by atoms with Gasteiger partial charge in [0, 0.05) is 29.2 Å². The van der Waals surface area contributed by atoms with Crippen LogP contribution in [0.15, 0.2) is 54.7 Å². The van der Waals surface area contributed by atoms with Crippen molar-refractivity contribution in [1.82, 2.24) is 10.3 Å². The SMILES string of the molecule is CCCNC(=O)[C@H]1CN([C@@H](C)C(=O)c2c[nH]c3ccccc23)c2ccccc2O1. The van der Waals surface area contributed by atoms with E-state index in [9.17, 15) is 9.59 Å². The molecule has 0 saturated carbocycles. The van der Waals surface area contributed by atoms with E-state index in [1.165, 1.54) is 0 Å². The second-order valence-corrected chi connectivity index (χ2v) is 7.31. The predicted octanol–water partition coefficient (Wildman–Crippen LogP) is 3.53. The molecule has 2 N–H and O–H groups in total. The Kier molecular flexibility index (Phi) is 5.25. The van der Waals surface area contributed by atoms with Gasteiger partial charge >= 0.3 is 0 Å². The van der Waals surface area contributed by atoms with Gasteiger partial charge in [0.2, 0.25) is 0 Å². The van der Waals surface area contributed by atoms with Crippen molar-refractivity contribution in [2.75, 3.05) is 18.0 Å². The summed E-state index contributed by atoms with van der Waals surface area (Å²) in [6.45, 7) is 4.81. The molecule has 0 bridgehead atoms. The van der Waals surface area contributed by atoms with E-state index >= 15 is 0 Å². The number of ketones is 1. The first-order chi connectivity index (χ1) is 14.1. The number of hydrogen-bond donors (Lipinski definition) is 2. The standard InChI is InChI=1S/C23H25N3O3/c1-3-12-24-23(28)21-14-26(19-10-6-7-11-20(19)29-21)15(2)22(27)17-13-25-18-9-5-4-8-16(17)18/h4-11,13,15,21,25H,3,12,14H2,1-2H3,(H,24,28)/t15-,21+/m0/s1. The Bertz CT molecular complexity index is 1040. The van der Waals surface area contributed by atoms with Crippen molar-refractivity contribution in [3.05, 3.63) is 60.3 Å². The van der Waals surface area contributed by atoms with Crippen LogP contribution < -0.4 is 15.0 Å². The van der Waals surface area contributed by atoms with Crippen molar-refractivity contribution in [3.63, 3.8) is 0 Å². The number of anilines is 1. The van der Waals surface area contributed by atoms with Crippen molar-refractivity contribution in [2.24, 2.45) is 0 Å². The normalized spacial score (nSPS) is 16.8. The summed E-state index contributed by atoms with van der Waals surface area (Å²) >= 11 is 0. The summed E-state index contributed by atoms with van der Waals surface area (Å²) in [5.74, 6) is 0.471. The summed E-state index contributed by atoms with van der Waals surface area (Å²) in [5.41, 5.74) is 2.42. The van der Waals surface area contributed by atoms with E-state index in [0.29, 0.717) is 24.4 Å². The number of ether oxygens (including phenoxy) is 1. The van der Waals surface area contributed by atoms with Gasteiger partial charge in [-0.05, 0) is 31.5 Å². The minimum absolute atomic E-state index is 0.00636. The first-order valence-corrected chi connectivity index (χ1v) is 10.0. The molecule has 2 atom stereocenters. The highest BCUT2D eigenvalue weighted by molar-refractivity contribution is 6.11. The molecule has 2 heterocycles. The van der Waals surface area contributed by atoms with Gasteiger partial charge in [-0.1, -0.05) is 37.3 Å². The van der Waals surface area contributed by atoms with E-state index in [2.05, 4.69) is 10.3 Å². The molecule has 3 aromatic rings. The van der Waals surface area contributed by atoms with Crippen molar-refractivity contribution >= 4 is 28.3 Å². The molecule has 0 unspecified atom stereocenters. The molecule has 2 aromatic carbocycles. The van der Waals surface area contributed by atoms with Gasteiger partial charge in [0.15, 0.2) is 11.9 Å². The molecule has 6 nitrogen and oxygen atoms in total. The number of nitrogens with one attached hydrogen (secondary N) is 2. The van der Waals surface area contributed by atoms with E-state index in [1.807, 2.05) is 67.3 Å². The molecule has 1 amide bonds. The maximum Gasteiger partial charge on any atom is 0.262 e. The minimum Gasteiger partial charge on any atom is -0.477 e. The average molecular weight is 391 g/mol. The lowest BCUT2D eigenvalue weighted by Crippen LogP contribution is -2.53. The number of Topliss-reactive ketones (excluding diaryl/α,β-unsaturated/α-hetero) is 1. The summed E-state index contributed by atoms with van der Waals surface area (Å²) in [5, 5.41) is 3.80. The highest BCUT2D eigenvalue weighted by Gasteiger charge is 2.35. The molecular weight excluding hydrogens is 366 g/mol. The van der Waals surface area contributed by atoms with Gasteiger partial charge in [0.1, 0.15) is 5.75 Å². The molecule has 29 heavy (non-hydrogen) atoms. The third-order valence-corrected chi connectivity index (χ3v) is 5.35. The van der Waals surface area contributed by atoms with Crippen LogP contribution in [0.5, 0.6) is 5.75 Å². The molecule has 0 radical (unpaired) electrons. The molecule has 0 spiro atoms. The maximum absolute atomic E-state index is 13.4. The molecule has 6 heteroatoms. The van der Waals surface area contributed by atoms with E-state index in [4.69, 9.17) is 4.74 Å². The van der Waals surface area contributed by atoms with Crippen LogP contribution in [0.3, 0.4) is 0 Å². The first-order valence-electron chi connectivity index (χ1n) is 10.0. The van der Waals surface area contributed by atoms with Crippen LogP contribution in [-0.2, 0) is 4.79 Å². The zero-order valence-electron chi connectivity index (χ0n) is 16.6. The Morgan fingerprint density at radius 1 is 1.21 bits per heavy atom. The van der Waals surface area contributed by atoms with Crippen LogP contribution >= 0.6 is 0 Å². The Balaban J connectivity index is 1.64. The minimum atomic E-state index is -0.658. The van der Waals surface area contributed by atoms with Gasteiger partial charge in [-0.3, -0.25) is 9.59 Å². The number of hydrogen-bond acceptors (Lipinski definition) is 4. The number of carbonyl (C=O) groups excluding carboxylic acids is 2. The topological polar surface area (TPSA) is 74.4 Å². The summed E-state index contributed by atoms with van der Waals surface area (Å²) in [6.07, 6.45) is 1.96. The average Bonchev–Trinajstić information content (AvgIpc) is 3.19. The van der Waals surface area contributed by atoms with E-state index in [1.54, 1.807) is 6.20 Å². The number of carbonyl (C=O) groups is 2. The molecular formula is C23H25N3O3. The predicted molar refractivity (Wildman–Crippen MR) is 114 cm³/mol. The lowest BCUT2D eigenvalue weighted by molar-refractivity contribution is -0.127. The molecule has 1 aliphatic heterocycles. The number of benzene rings is 2. The zero-order chi connectivity index (χ0) is 20.4. The third-order valence-electron chi connectivity index (χ3n) is 5.35. The number of aromatic nitrogens is 1.